The van der Waals surface area contributed by atoms with Crippen LogP contribution in [-0.4, -0.2) is 33.0 Å². The highest BCUT2D eigenvalue weighted by atomic mass is 16.4. The normalized spacial score (nSPS) is 12.2. The molecule has 1 amide bonds. The maximum absolute atomic E-state index is 11.1. The van der Waals surface area contributed by atoms with E-state index in [4.69, 9.17) is 16.6 Å². The van der Waals surface area contributed by atoms with E-state index in [0.29, 0.717) is 11.3 Å². The second-order valence-electron chi connectivity index (χ2n) is 5.49. The first-order valence-corrected chi connectivity index (χ1v) is 7.31. The second-order valence-corrected chi connectivity index (χ2v) is 5.49. The molecule has 7 heteroatoms. The van der Waals surface area contributed by atoms with Gasteiger partial charge >= 0.3 is 5.97 Å². The van der Waals surface area contributed by atoms with Gasteiger partial charge in [0, 0.05) is 29.8 Å². The number of nitrogens with two attached hydrogens (primary N) is 2. The number of carboxylic acid groups (broad SMARTS) is 1. The number of aromatic nitrogens is 2. The molecule has 0 unspecified atom stereocenters. The number of nitrogens with one attached hydrogen (secondary N) is 1. The highest BCUT2D eigenvalue weighted by molar-refractivity contribution is 5.96. The molecule has 2 aromatic heterocycles. The smallest absolute Gasteiger partial charge is 0.320 e. The van der Waals surface area contributed by atoms with Crippen LogP contribution in [0.2, 0.25) is 0 Å². The lowest BCUT2D eigenvalue weighted by Gasteiger charge is -2.06. The minimum absolute atomic E-state index is 0.229. The van der Waals surface area contributed by atoms with Crippen LogP contribution in [0.3, 0.4) is 0 Å². The first kappa shape index (κ1) is 15.7. The average Bonchev–Trinajstić information content (AvgIpc) is 2.98. The number of pyridine rings is 1. The van der Waals surface area contributed by atoms with Gasteiger partial charge in [0.05, 0.1) is 16.8 Å². The molecule has 0 radical (unpaired) electrons. The van der Waals surface area contributed by atoms with Gasteiger partial charge in [0.1, 0.15) is 6.04 Å². The zero-order valence-corrected chi connectivity index (χ0v) is 12.7. The van der Waals surface area contributed by atoms with Crippen molar-refractivity contribution in [3.63, 3.8) is 0 Å². The number of fused-ring (bicyclic) bond motifs is 1. The SMILES string of the molecule is NC(=O)c1ccc(-c2cccc3c(C[C@H](N)C(=O)O)c[nH]c23)nc1. The first-order chi connectivity index (χ1) is 11.5. The molecule has 0 aliphatic carbocycles. The molecular formula is C17H16N4O3. The Hall–Kier alpha value is -3.19. The fraction of sp³-hybridized carbons (Fsp3) is 0.118. The third kappa shape index (κ3) is 2.84. The van der Waals surface area contributed by atoms with Crippen molar-refractivity contribution in [2.45, 2.75) is 12.5 Å². The van der Waals surface area contributed by atoms with Crippen LogP contribution in [0.4, 0.5) is 0 Å². The van der Waals surface area contributed by atoms with Crippen LogP contribution in [0.1, 0.15) is 15.9 Å². The van der Waals surface area contributed by atoms with E-state index < -0.39 is 17.9 Å². The van der Waals surface area contributed by atoms with E-state index in [0.717, 1.165) is 22.0 Å². The number of carboxylic acids is 1. The number of primary amides is 1. The van der Waals surface area contributed by atoms with E-state index in [-0.39, 0.29) is 6.42 Å². The Balaban J connectivity index is 2.02. The van der Waals surface area contributed by atoms with Gasteiger partial charge in [-0.1, -0.05) is 18.2 Å². The summed E-state index contributed by atoms with van der Waals surface area (Å²) in [6, 6.07) is 8.04. The molecule has 0 spiro atoms. The number of nitrogens with zero attached hydrogens (tertiary/aromatic N) is 1. The van der Waals surface area contributed by atoms with Crippen LogP contribution >= 0.6 is 0 Å². The number of hydrogen-bond donors (Lipinski definition) is 4. The molecule has 6 N–H and O–H groups in total. The zero-order valence-electron chi connectivity index (χ0n) is 12.7. The molecule has 0 aliphatic heterocycles. The predicted molar refractivity (Wildman–Crippen MR) is 89.4 cm³/mol. The molecule has 1 atom stereocenters. The quantitative estimate of drug-likeness (QED) is 0.560. The largest absolute Gasteiger partial charge is 0.480 e. The number of hydrogen-bond acceptors (Lipinski definition) is 4. The first-order valence-electron chi connectivity index (χ1n) is 7.31. The van der Waals surface area contributed by atoms with Gasteiger partial charge in [-0.3, -0.25) is 14.6 Å². The van der Waals surface area contributed by atoms with Gasteiger partial charge in [0.2, 0.25) is 5.91 Å². The molecule has 0 aliphatic rings. The van der Waals surface area contributed by atoms with Crippen molar-refractivity contribution in [2.24, 2.45) is 11.5 Å². The summed E-state index contributed by atoms with van der Waals surface area (Å²) in [4.78, 5) is 29.5. The van der Waals surface area contributed by atoms with E-state index in [1.165, 1.54) is 6.20 Å². The number of benzene rings is 1. The number of carbonyl (C=O) groups is 2. The summed E-state index contributed by atoms with van der Waals surface area (Å²) in [5.74, 6) is -1.57. The zero-order chi connectivity index (χ0) is 17.3. The third-order valence-electron chi connectivity index (χ3n) is 3.88. The van der Waals surface area contributed by atoms with Crippen LogP contribution in [0.5, 0.6) is 0 Å². The van der Waals surface area contributed by atoms with Gasteiger partial charge in [-0.05, 0) is 17.7 Å². The van der Waals surface area contributed by atoms with Crippen molar-refractivity contribution >= 4 is 22.8 Å². The number of carbonyl (C=O) groups excluding carboxylic acids is 1. The number of amides is 1. The van der Waals surface area contributed by atoms with Crippen LogP contribution < -0.4 is 11.5 Å². The summed E-state index contributed by atoms with van der Waals surface area (Å²) in [5.41, 5.74) is 14.4. The lowest BCUT2D eigenvalue weighted by atomic mass is 10.0. The minimum atomic E-state index is -1.04. The van der Waals surface area contributed by atoms with Crippen molar-refractivity contribution in [2.75, 3.05) is 0 Å². The molecule has 24 heavy (non-hydrogen) atoms. The molecule has 122 valence electrons. The van der Waals surface area contributed by atoms with Crippen molar-refractivity contribution in [3.05, 3.63) is 53.9 Å². The number of rotatable bonds is 5. The van der Waals surface area contributed by atoms with Crippen LogP contribution in [0.15, 0.2) is 42.7 Å². The molecule has 7 nitrogen and oxygen atoms in total. The Kier molecular flexibility index (Phi) is 4.01. The summed E-state index contributed by atoms with van der Waals surface area (Å²) >= 11 is 0. The third-order valence-corrected chi connectivity index (χ3v) is 3.88. The average molecular weight is 324 g/mol. The fourth-order valence-corrected chi connectivity index (χ4v) is 2.62. The Labute approximate surface area is 137 Å². The van der Waals surface area contributed by atoms with Gasteiger partial charge in [-0.15, -0.1) is 0 Å². The monoisotopic (exact) mass is 324 g/mol. The van der Waals surface area contributed by atoms with E-state index in [9.17, 15) is 9.59 Å². The molecule has 0 saturated heterocycles. The van der Waals surface area contributed by atoms with E-state index in [1.807, 2.05) is 18.2 Å². The predicted octanol–water partition coefficient (Wildman–Crippen LogP) is 1.28. The highest BCUT2D eigenvalue weighted by Crippen LogP contribution is 2.29. The minimum Gasteiger partial charge on any atom is -0.480 e. The van der Waals surface area contributed by atoms with Crippen molar-refractivity contribution in [3.8, 4) is 11.3 Å². The molecule has 3 aromatic rings. The standard InChI is InChI=1S/C17H16N4O3/c18-13(17(23)24)6-10-8-21-15-11(10)2-1-3-12(15)14-5-4-9(7-20-14)16(19)22/h1-5,7-8,13,21H,6,18H2,(H2,19,22)(H,23,24)/t13-/m0/s1. The molecule has 2 heterocycles. The van der Waals surface area contributed by atoms with E-state index >= 15 is 0 Å². The van der Waals surface area contributed by atoms with Crippen molar-refractivity contribution < 1.29 is 14.7 Å². The van der Waals surface area contributed by atoms with Crippen LogP contribution in [0.25, 0.3) is 22.2 Å². The van der Waals surface area contributed by atoms with Gasteiger partial charge < -0.3 is 21.6 Å². The number of aromatic amines is 1. The summed E-state index contributed by atoms with van der Waals surface area (Å²) in [6.45, 7) is 0. The highest BCUT2D eigenvalue weighted by Gasteiger charge is 2.16. The molecule has 1 aromatic carbocycles. The Morgan fingerprint density at radius 1 is 1.25 bits per heavy atom. The van der Waals surface area contributed by atoms with Gasteiger partial charge in [-0.25, -0.2) is 0 Å². The lowest BCUT2D eigenvalue weighted by Crippen LogP contribution is -2.32. The maximum Gasteiger partial charge on any atom is 0.320 e. The van der Waals surface area contributed by atoms with Gasteiger partial charge in [0.15, 0.2) is 0 Å². The Morgan fingerprint density at radius 3 is 2.67 bits per heavy atom. The summed E-state index contributed by atoms with van der Waals surface area (Å²) in [7, 11) is 0. The summed E-state index contributed by atoms with van der Waals surface area (Å²) in [6.07, 6.45) is 3.42. The van der Waals surface area contributed by atoms with Crippen LogP contribution in [-0.2, 0) is 11.2 Å². The van der Waals surface area contributed by atoms with Crippen molar-refractivity contribution in [1.29, 1.82) is 0 Å². The van der Waals surface area contributed by atoms with E-state index in [1.54, 1.807) is 18.3 Å². The van der Waals surface area contributed by atoms with E-state index in [2.05, 4.69) is 9.97 Å². The van der Waals surface area contributed by atoms with Gasteiger partial charge in [-0.2, -0.15) is 0 Å². The van der Waals surface area contributed by atoms with Gasteiger partial charge in [0.25, 0.3) is 0 Å². The molecule has 3 rings (SSSR count). The summed E-state index contributed by atoms with van der Waals surface area (Å²) < 4.78 is 0. The molecular weight excluding hydrogens is 308 g/mol. The lowest BCUT2D eigenvalue weighted by molar-refractivity contribution is -0.138. The number of H-pyrrole nitrogens is 1. The topological polar surface area (TPSA) is 135 Å². The Morgan fingerprint density at radius 2 is 2.04 bits per heavy atom. The van der Waals surface area contributed by atoms with Crippen molar-refractivity contribution in [1.82, 2.24) is 9.97 Å². The summed E-state index contributed by atoms with van der Waals surface area (Å²) in [5, 5.41) is 9.87. The number of para-hydroxylation sites is 1. The fourth-order valence-electron chi connectivity index (χ4n) is 2.62. The maximum atomic E-state index is 11.1. The Bertz CT molecular complexity index is 915. The molecule has 0 bridgehead atoms. The molecule has 0 saturated carbocycles. The van der Waals surface area contributed by atoms with Crippen LogP contribution in [0, 0.1) is 0 Å². The second kappa shape index (κ2) is 6.13. The number of aliphatic carboxylic acids is 1. The molecule has 0 fully saturated rings.